The van der Waals surface area contributed by atoms with Crippen molar-refractivity contribution >= 4 is 5.78 Å². The standard InChI is InChI=1S/C12H14O2/c1-2-3-12(13)9-4-5-10-7-14-8-11(10)6-9/h4-6H,2-3,7-8H2,1H3. The van der Waals surface area contributed by atoms with E-state index in [4.69, 9.17) is 4.74 Å². The first kappa shape index (κ1) is 9.41. The Bertz CT molecular complexity index is 355. The Kier molecular flexibility index (Phi) is 2.64. The molecule has 14 heavy (non-hydrogen) atoms. The van der Waals surface area contributed by atoms with E-state index >= 15 is 0 Å². The van der Waals surface area contributed by atoms with Gasteiger partial charge in [0.2, 0.25) is 0 Å². The molecule has 0 atom stereocenters. The van der Waals surface area contributed by atoms with Gasteiger partial charge in [-0.1, -0.05) is 19.1 Å². The highest BCUT2D eigenvalue weighted by molar-refractivity contribution is 5.96. The van der Waals surface area contributed by atoms with Gasteiger partial charge < -0.3 is 4.74 Å². The van der Waals surface area contributed by atoms with E-state index < -0.39 is 0 Å². The number of rotatable bonds is 3. The Morgan fingerprint density at radius 1 is 1.36 bits per heavy atom. The second-order valence-corrected chi connectivity index (χ2v) is 3.65. The van der Waals surface area contributed by atoms with Crippen LogP contribution in [0.1, 0.15) is 41.3 Å². The second-order valence-electron chi connectivity index (χ2n) is 3.65. The van der Waals surface area contributed by atoms with E-state index in [2.05, 4.69) is 0 Å². The zero-order chi connectivity index (χ0) is 9.97. The van der Waals surface area contributed by atoms with E-state index in [-0.39, 0.29) is 5.78 Å². The summed E-state index contributed by atoms with van der Waals surface area (Å²) in [5.41, 5.74) is 3.22. The molecule has 0 radical (unpaired) electrons. The number of fused-ring (bicyclic) bond motifs is 1. The second kappa shape index (κ2) is 3.93. The summed E-state index contributed by atoms with van der Waals surface area (Å²) in [7, 11) is 0. The lowest BCUT2D eigenvalue weighted by Gasteiger charge is -2.01. The minimum absolute atomic E-state index is 0.238. The number of Topliss-reactive ketones (excluding diaryl/α,β-unsaturated/α-hetero) is 1. The Labute approximate surface area is 83.9 Å². The van der Waals surface area contributed by atoms with Crippen LogP contribution < -0.4 is 0 Å². The van der Waals surface area contributed by atoms with Gasteiger partial charge in [0.25, 0.3) is 0 Å². The molecule has 0 fully saturated rings. The monoisotopic (exact) mass is 190 g/mol. The molecule has 0 N–H and O–H groups in total. The van der Waals surface area contributed by atoms with Crippen LogP contribution in [0.3, 0.4) is 0 Å². The number of benzene rings is 1. The van der Waals surface area contributed by atoms with Gasteiger partial charge in [-0.25, -0.2) is 0 Å². The van der Waals surface area contributed by atoms with Crippen LogP contribution in [0.15, 0.2) is 18.2 Å². The summed E-state index contributed by atoms with van der Waals surface area (Å²) in [5, 5.41) is 0. The lowest BCUT2D eigenvalue weighted by Crippen LogP contribution is -1.99. The molecule has 0 amide bonds. The first-order valence-corrected chi connectivity index (χ1v) is 5.04. The zero-order valence-electron chi connectivity index (χ0n) is 8.38. The molecule has 0 saturated heterocycles. The van der Waals surface area contributed by atoms with Gasteiger partial charge in [-0.3, -0.25) is 4.79 Å². The van der Waals surface area contributed by atoms with Crippen LogP contribution in [-0.2, 0) is 18.0 Å². The van der Waals surface area contributed by atoms with E-state index in [0.717, 1.165) is 12.0 Å². The first-order valence-electron chi connectivity index (χ1n) is 5.04. The molecular weight excluding hydrogens is 176 g/mol. The smallest absolute Gasteiger partial charge is 0.162 e. The third-order valence-corrected chi connectivity index (χ3v) is 2.52. The molecule has 0 aromatic heterocycles. The van der Waals surface area contributed by atoms with Gasteiger partial charge in [0.05, 0.1) is 13.2 Å². The Morgan fingerprint density at radius 2 is 2.14 bits per heavy atom. The van der Waals surface area contributed by atoms with E-state index in [1.54, 1.807) is 0 Å². The number of carbonyl (C=O) groups excluding carboxylic acids is 1. The molecule has 1 aromatic carbocycles. The minimum atomic E-state index is 0.238. The molecule has 1 aliphatic rings. The molecule has 74 valence electrons. The summed E-state index contributed by atoms with van der Waals surface area (Å²) in [6, 6.07) is 5.89. The van der Waals surface area contributed by atoms with Crippen molar-refractivity contribution in [1.29, 1.82) is 0 Å². The van der Waals surface area contributed by atoms with Gasteiger partial charge in [-0.15, -0.1) is 0 Å². The lowest BCUT2D eigenvalue weighted by atomic mass is 10.0. The van der Waals surface area contributed by atoms with Crippen molar-refractivity contribution in [2.45, 2.75) is 33.0 Å². The minimum Gasteiger partial charge on any atom is -0.372 e. The van der Waals surface area contributed by atoms with Crippen LogP contribution in [-0.4, -0.2) is 5.78 Å². The van der Waals surface area contributed by atoms with Crippen LogP contribution in [0.25, 0.3) is 0 Å². The number of ether oxygens (including phenoxy) is 1. The number of hydrogen-bond donors (Lipinski definition) is 0. The third-order valence-electron chi connectivity index (χ3n) is 2.52. The highest BCUT2D eigenvalue weighted by Crippen LogP contribution is 2.21. The average molecular weight is 190 g/mol. The number of carbonyl (C=O) groups is 1. The summed E-state index contributed by atoms with van der Waals surface area (Å²) >= 11 is 0. The Morgan fingerprint density at radius 3 is 2.93 bits per heavy atom. The summed E-state index contributed by atoms with van der Waals surface area (Å²) in [4.78, 5) is 11.6. The lowest BCUT2D eigenvalue weighted by molar-refractivity contribution is 0.0981. The molecule has 0 saturated carbocycles. The largest absolute Gasteiger partial charge is 0.372 e. The molecule has 0 aliphatic carbocycles. The van der Waals surface area contributed by atoms with Crippen molar-refractivity contribution in [2.24, 2.45) is 0 Å². The van der Waals surface area contributed by atoms with E-state index in [9.17, 15) is 4.79 Å². The summed E-state index contributed by atoms with van der Waals surface area (Å²) < 4.78 is 5.30. The van der Waals surface area contributed by atoms with Gasteiger partial charge in [-0.2, -0.15) is 0 Å². The molecule has 1 heterocycles. The fourth-order valence-electron chi connectivity index (χ4n) is 1.72. The van der Waals surface area contributed by atoms with Gasteiger partial charge in [0.1, 0.15) is 0 Å². The molecule has 2 rings (SSSR count). The molecular formula is C12H14O2. The fraction of sp³-hybridized carbons (Fsp3) is 0.417. The summed E-state index contributed by atoms with van der Waals surface area (Å²) in [5.74, 6) is 0.238. The van der Waals surface area contributed by atoms with Crippen LogP contribution in [0.4, 0.5) is 0 Å². The van der Waals surface area contributed by atoms with Crippen LogP contribution in [0, 0.1) is 0 Å². The highest BCUT2D eigenvalue weighted by atomic mass is 16.5. The third kappa shape index (κ3) is 1.70. The van der Waals surface area contributed by atoms with E-state index in [0.29, 0.717) is 19.6 Å². The predicted octanol–water partition coefficient (Wildman–Crippen LogP) is 2.70. The van der Waals surface area contributed by atoms with Gasteiger partial charge in [-0.05, 0) is 23.6 Å². The Balaban J connectivity index is 2.24. The molecule has 2 nitrogen and oxygen atoms in total. The van der Waals surface area contributed by atoms with Crippen molar-refractivity contribution in [2.75, 3.05) is 0 Å². The maximum absolute atomic E-state index is 11.6. The number of ketones is 1. The topological polar surface area (TPSA) is 26.3 Å². The van der Waals surface area contributed by atoms with E-state index in [1.165, 1.54) is 11.1 Å². The van der Waals surface area contributed by atoms with Crippen LogP contribution in [0.2, 0.25) is 0 Å². The van der Waals surface area contributed by atoms with Gasteiger partial charge in [0.15, 0.2) is 5.78 Å². The van der Waals surface area contributed by atoms with Crippen molar-refractivity contribution < 1.29 is 9.53 Å². The Hall–Kier alpha value is -1.15. The maximum Gasteiger partial charge on any atom is 0.162 e. The average Bonchev–Trinajstić information content (AvgIpc) is 2.64. The fourth-order valence-corrected chi connectivity index (χ4v) is 1.72. The highest BCUT2D eigenvalue weighted by Gasteiger charge is 2.13. The van der Waals surface area contributed by atoms with Gasteiger partial charge in [0, 0.05) is 12.0 Å². The zero-order valence-corrected chi connectivity index (χ0v) is 8.38. The maximum atomic E-state index is 11.6. The molecule has 0 bridgehead atoms. The van der Waals surface area contributed by atoms with Crippen LogP contribution in [0.5, 0.6) is 0 Å². The summed E-state index contributed by atoms with van der Waals surface area (Å²) in [6.07, 6.45) is 1.55. The molecule has 1 aliphatic heterocycles. The van der Waals surface area contributed by atoms with Crippen molar-refractivity contribution in [3.05, 3.63) is 34.9 Å². The van der Waals surface area contributed by atoms with Crippen LogP contribution >= 0.6 is 0 Å². The first-order chi connectivity index (χ1) is 6.81. The van der Waals surface area contributed by atoms with Crippen molar-refractivity contribution in [1.82, 2.24) is 0 Å². The van der Waals surface area contributed by atoms with Gasteiger partial charge >= 0.3 is 0 Å². The molecule has 0 unspecified atom stereocenters. The molecule has 2 heteroatoms. The van der Waals surface area contributed by atoms with Crippen molar-refractivity contribution in [3.63, 3.8) is 0 Å². The van der Waals surface area contributed by atoms with E-state index in [1.807, 2.05) is 25.1 Å². The predicted molar refractivity (Wildman–Crippen MR) is 54.2 cm³/mol. The normalized spacial score (nSPS) is 14.1. The number of hydrogen-bond acceptors (Lipinski definition) is 2. The molecule has 0 spiro atoms. The summed E-state index contributed by atoms with van der Waals surface area (Å²) in [6.45, 7) is 3.37. The SMILES string of the molecule is CCCC(=O)c1ccc2c(c1)COC2. The molecule has 1 aromatic rings. The van der Waals surface area contributed by atoms with Crippen molar-refractivity contribution in [3.8, 4) is 0 Å². The quantitative estimate of drug-likeness (QED) is 0.685.